The van der Waals surface area contributed by atoms with Crippen LogP contribution in [-0.4, -0.2) is 30.2 Å². The van der Waals surface area contributed by atoms with Gasteiger partial charge in [0, 0.05) is 10.9 Å². The Bertz CT molecular complexity index is 1320. The SMILES string of the molecule is COC(=O)c1ccc(COc2ccccc2/C=N/NC(=O)c2ccc3ccccc3n2)cc1. The zero-order valence-corrected chi connectivity index (χ0v) is 17.9. The van der Waals surface area contributed by atoms with E-state index in [1.54, 1.807) is 30.3 Å². The summed E-state index contributed by atoms with van der Waals surface area (Å²) in [4.78, 5) is 28.3. The van der Waals surface area contributed by atoms with E-state index in [9.17, 15) is 9.59 Å². The number of ether oxygens (including phenoxy) is 2. The Hall–Kier alpha value is -4.52. The summed E-state index contributed by atoms with van der Waals surface area (Å²) in [6, 6.07) is 25.4. The quantitative estimate of drug-likeness (QED) is 0.262. The number of fused-ring (bicyclic) bond motifs is 1. The van der Waals surface area contributed by atoms with Gasteiger partial charge in [0.1, 0.15) is 18.1 Å². The number of esters is 1. The largest absolute Gasteiger partial charge is 0.488 e. The van der Waals surface area contributed by atoms with E-state index in [2.05, 4.69) is 15.5 Å². The molecule has 1 N–H and O–H groups in total. The van der Waals surface area contributed by atoms with Gasteiger partial charge < -0.3 is 9.47 Å². The molecule has 7 heteroatoms. The predicted molar refractivity (Wildman–Crippen MR) is 125 cm³/mol. The van der Waals surface area contributed by atoms with Crippen molar-refractivity contribution in [1.29, 1.82) is 0 Å². The molecule has 7 nitrogen and oxygen atoms in total. The van der Waals surface area contributed by atoms with E-state index in [1.807, 2.05) is 54.6 Å². The highest BCUT2D eigenvalue weighted by atomic mass is 16.5. The summed E-state index contributed by atoms with van der Waals surface area (Å²) in [5, 5.41) is 5.02. The van der Waals surface area contributed by atoms with Gasteiger partial charge in [0.25, 0.3) is 5.91 Å². The lowest BCUT2D eigenvalue weighted by Gasteiger charge is -2.09. The average Bonchev–Trinajstić information content (AvgIpc) is 2.87. The standard InChI is InChI=1S/C26H21N3O4/c1-32-26(31)20-12-10-18(11-13-20)17-33-24-9-5-3-7-21(24)16-27-29-25(30)23-15-14-19-6-2-4-8-22(19)28-23/h2-16H,17H2,1H3,(H,29,30)/b27-16+. The van der Waals surface area contributed by atoms with Gasteiger partial charge in [0.15, 0.2) is 0 Å². The first kappa shape index (κ1) is 21.7. The van der Waals surface area contributed by atoms with Crippen LogP contribution in [0.4, 0.5) is 0 Å². The van der Waals surface area contributed by atoms with Crippen molar-refractivity contribution in [2.45, 2.75) is 6.61 Å². The molecule has 0 saturated heterocycles. The molecule has 33 heavy (non-hydrogen) atoms. The number of para-hydroxylation sites is 2. The molecule has 0 aliphatic heterocycles. The zero-order valence-electron chi connectivity index (χ0n) is 17.9. The Morgan fingerprint density at radius 3 is 2.52 bits per heavy atom. The van der Waals surface area contributed by atoms with Gasteiger partial charge in [-0.05, 0) is 42.0 Å². The van der Waals surface area contributed by atoms with Crippen molar-refractivity contribution in [2.75, 3.05) is 7.11 Å². The topological polar surface area (TPSA) is 89.9 Å². The van der Waals surface area contributed by atoms with Crippen LogP contribution in [0.1, 0.15) is 32.0 Å². The fourth-order valence-electron chi connectivity index (χ4n) is 3.14. The van der Waals surface area contributed by atoms with Gasteiger partial charge in [-0.3, -0.25) is 4.79 Å². The zero-order chi connectivity index (χ0) is 23.0. The molecule has 1 heterocycles. The molecule has 4 aromatic rings. The average molecular weight is 439 g/mol. The van der Waals surface area contributed by atoms with Gasteiger partial charge in [0.2, 0.25) is 0 Å². The van der Waals surface area contributed by atoms with Crippen LogP contribution in [0.25, 0.3) is 10.9 Å². The van der Waals surface area contributed by atoms with Crippen molar-refractivity contribution in [3.63, 3.8) is 0 Å². The second kappa shape index (κ2) is 10.2. The molecular weight excluding hydrogens is 418 g/mol. The third-order valence-corrected chi connectivity index (χ3v) is 4.89. The summed E-state index contributed by atoms with van der Waals surface area (Å²) in [6.07, 6.45) is 1.52. The van der Waals surface area contributed by atoms with E-state index in [4.69, 9.17) is 9.47 Å². The molecule has 4 rings (SSSR count). The highest BCUT2D eigenvalue weighted by Gasteiger charge is 2.08. The molecule has 0 aliphatic rings. The molecule has 164 valence electrons. The molecule has 0 spiro atoms. The fraction of sp³-hybridized carbons (Fsp3) is 0.0769. The van der Waals surface area contributed by atoms with E-state index in [1.165, 1.54) is 13.3 Å². The number of hydrogen-bond donors (Lipinski definition) is 1. The number of methoxy groups -OCH3 is 1. The van der Waals surface area contributed by atoms with E-state index >= 15 is 0 Å². The minimum Gasteiger partial charge on any atom is -0.488 e. The molecular formula is C26H21N3O4. The van der Waals surface area contributed by atoms with Crippen LogP contribution in [0.15, 0.2) is 90.0 Å². The normalized spacial score (nSPS) is 10.8. The fourth-order valence-corrected chi connectivity index (χ4v) is 3.14. The monoisotopic (exact) mass is 439 g/mol. The Balaban J connectivity index is 1.39. The summed E-state index contributed by atoms with van der Waals surface area (Å²) < 4.78 is 10.6. The Kier molecular flexibility index (Phi) is 6.70. The molecule has 0 saturated carbocycles. The van der Waals surface area contributed by atoms with Crippen LogP contribution in [0, 0.1) is 0 Å². The lowest BCUT2D eigenvalue weighted by Crippen LogP contribution is -2.19. The van der Waals surface area contributed by atoms with E-state index in [0.717, 1.165) is 16.5 Å². The first-order valence-electron chi connectivity index (χ1n) is 10.2. The minimum atomic E-state index is -0.402. The molecule has 3 aromatic carbocycles. The van der Waals surface area contributed by atoms with Crippen molar-refractivity contribution >= 4 is 29.0 Å². The molecule has 0 radical (unpaired) electrons. The highest BCUT2D eigenvalue weighted by Crippen LogP contribution is 2.18. The number of rotatable bonds is 7. The Morgan fingerprint density at radius 2 is 1.70 bits per heavy atom. The van der Waals surface area contributed by atoms with E-state index < -0.39 is 5.91 Å². The van der Waals surface area contributed by atoms with Gasteiger partial charge in [-0.1, -0.05) is 48.5 Å². The number of amides is 1. The summed E-state index contributed by atoms with van der Waals surface area (Å²) in [7, 11) is 1.35. The van der Waals surface area contributed by atoms with E-state index in [0.29, 0.717) is 23.5 Å². The van der Waals surface area contributed by atoms with Gasteiger partial charge in [0.05, 0.1) is 24.4 Å². The van der Waals surface area contributed by atoms with Gasteiger partial charge >= 0.3 is 5.97 Å². The van der Waals surface area contributed by atoms with Gasteiger partial charge in [-0.25, -0.2) is 15.2 Å². The van der Waals surface area contributed by atoms with Crippen molar-refractivity contribution in [3.8, 4) is 5.75 Å². The first-order valence-corrected chi connectivity index (χ1v) is 10.2. The number of nitrogens with zero attached hydrogens (tertiary/aromatic N) is 2. The van der Waals surface area contributed by atoms with Gasteiger partial charge in [-0.15, -0.1) is 0 Å². The molecule has 0 fully saturated rings. The van der Waals surface area contributed by atoms with Gasteiger partial charge in [-0.2, -0.15) is 5.10 Å². The predicted octanol–water partition coefficient (Wildman–Crippen LogP) is 4.36. The maximum absolute atomic E-state index is 12.4. The number of aromatic nitrogens is 1. The maximum atomic E-state index is 12.4. The Labute approximate surface area is 190 Å². The molecule has 0 aliphatic carbocycles. The molecule has 0 atom stereocenters. The third-order valence-electron chi connectivity index (χ3n) is 4.89. The number of pyridine rings is 1. The highest BCUT2D eigenvalue weighted by molar-refractivity contribution is 5.95. The molecule has 0 unspecified atom stereocenters. The van der Waals surface area contributed by atoms with Crippen LogP contribution < -0.4 is 10.2 Å². The van der Waals surface area contributed by atoms with Crippen molar-refractivity contribution in [1.82, 2.24) is 10.4 Å². The number of carbonyl (C=O) groups is 2. The van der Waals surface area contributed by atoms with E-state index in [-0.39, 0.29) is 11.7 Å². The second-order valence-corrected chi connectivity index (χ2v) is 7.10. The van der Waals surface area contributed by atoms with Crippen LogP contribution in [0.3, 0.4) is 0 Å². The lowest BCUT2D eigenvalue weighted by atomic mass is 10.1. The Morgan fingerprint density at radius 1 is 0.939 bits per heavy atom. The van der Waals surface area contributed by atoms with Crippen LogP contribution in [0.5, 0.6) is 5.75 Å². The lowest BCUT2D eigenvalue weighted by molar-refractivity contribution is 0.0600. The first-order chi connectivity index (χ1) is 16.1. The number of nitrogens with one attached hydrogen (secondary N) is 1. The minimum absolute atomic E-state index is 0.283. The summed E-state index contributed by atoms with van der Waals surface area (Å²) in [5.74, 6) is -0.178. The number of hydrazone groups is 1. The second-order valence-electron chi connectivity index (χ2n) is 7.10. The summed E-state index contributed by atoms with van der Waals surface area (Å²) >= 11 is 0. The summed E-state index contributed by atoms with van der Waals surface area (Å²) in [6.45, 7) is 0.305. The molecule has 1 amide bonds. The molecule has 0 bridgehead atoms. The maximum Gasteiger partial charge on any atom is 0.337 e. The summed E-state index contributed by atoms with van der Waals surface area (Å²) in [5.41, 5.74) is 5.61. The smallest absolute Gasteiger partial charge is 0.337 e. The van der Waals surface area contributed by atoms with Crippen molar-refractivity contribution < 1.29 is 19.1 Å². The van der Waals surface area contributed by atoms with Crippen molar-refractivity contribution in [2.24, 2.45) is 5.10 Å². The van der Waals surface area contributed by atoms with Crippen LogP contribution in [0.2, 0.25) is 0 Å². The molecule has 1 aromatic heterocycles. The number of benzene rings is 3. The van der Waals surface area contributed by atoms with Crippen LogP contribution >= 0.6 is 0 Å². The van der Waals surface area contributed by atoms with Crippen molar-refractivity contribution in [3.05, 3.63) is 107 Å². The number of hydrogen-bond acceptors (Lipinski definition) is 6. The van der Waals surface area contributed by atoms with Crippen LogP contribution in [-0.2, 0) is 11.3 Å². The number of carbonyl (C=O) groups excluding carboxylic acids is 2. The third kappa shape index (κ3) is 5.40.